The fourth-order valence-corrected chi connectivity index (χ4v) is 1.91. The van der Waals surface area contributed by atoms with Gasteiger partial charge in [-0.3, -0.25) is 9.59 Å². The summed E-state index contributed by atoms with van der Waals surface area (Å²) >= 11 is 0. The molecule has 1 rings (SSSR count). The van der Waals surface area contributed by atoms with E-state index in [1.165, 1.54) is 0 Å². The maximum Gasteiger partial charge on any atom is 0.222 e. The number of carbonyl (C=O) groups is 2. The first-order chi connectivity index (χ1) is 7.40. The quantitative estimate of drug-likeness (QED) is 0.779. The van der Waals surface area contributed by atoms with Crippen LogP contribution in [0.15, 0.2) is 0 Å². The molecule has 0 saturated heterocycles. The van der Waals surface area contributed by atoms with Crippen molar-refractivity contribution in [2.45, 2.75) is 53.0 Å². The van der Waals surface area contributed by atoms with Gasteiger partial charge in [0.2, 0.25) is 5.91 Å². The Morgan fingerprint density at radius 2 is 1.69 bits per heavy atom. The number of rotatable bonds is 5. The molecule has 92 valence electrons. The minimum atomic E-state index is 0.0522. The Labute approximate surface area is 98.0 Å². The molecule has 0 heterocycles. The molecule has 3 nitrogen and oxygen atoms in total. The van der Waals surface area contributed by atoms with Crippen molar-refractivity contribution >= 4 is 11.7 Å². The van der Waals surface area contributed by atoms with E-state index >= 15 is 0 Å². The predicted octanol–water partition coefficient (Wildman–Crippen LogP) is 2.15. The Hall–Kier alpha value is -0.860. The van der Waals surface area contributed by atoms with Gasteiger partial charge in [-0.25, -0.2) is 0 Å². The molecule has 1 N–H and O–H groups in total. The second kappa shape index (κ2) is 5.46. The summed E-state index contributed by atoms with van der Waals surface area (Å²) in [4.78, 5) is 22.9. The summed E-state index contributed by atoms with van der Waals surface area (Å²) in [6.07, 6.45) is 2.62. The van der Waals surface area contributed by atoms with Crippen LogP contribution in [0.4, 0.5) is 0 Å². The molecule has 1 aliphatic carbocycles. The van der Waals surface area contributed by atoms with Gasteiger partial charge in [0, 0.05) is 24.3 Å². The van der Waals surface area contributed by atoms with Crippen LogP contribution in [0.25, 0.3) is 0 Å². The second-order valence-electron chi connectivity index (χ2n) is 5.52. The van der Waals surface area contributed by atoms with Gasteiger partial charge in [-0.05, 0) is 18.8 Å². The van der Waals surface area contributed by atoms with Crippen LogP contribution < -0.4 is 5.32 Å². The lowest BCUT2D eigenvalue weighted by Gasteiger charge is -2.36. The molecule has 0 spiro atoms. The van der Waals surface area contributed by atoms with E-state index in [2.05, 4.69) is 5.32 Å². The highest BCUT2D eigenvalue weighted by molar-refractivity contribution is 5.81. The lowest BCUT2D eigenvalue weighted by molar-refractivity contribution is -0.126. The summed E-state index contributed by atoms with van der Waals surface area (Å²) in [6.45, 7) is 7.68. The fraction of sp³-hybridized carbons (Fsp3) is 0.846. The zero-order valence-electron chi connectivity index (χ0n) is 10.7. The topological polar surface area (TPSA) is 46.2 Å². The lowest BCUT2D eigenvalue weighted by atomic mass is 9.76. The number of hydrogen-bond donors (Lipinski definition) is 1. The predicted molar refractivity (Wildman–Crippen MR) is 64.0 cm³/mol. The Morgan fingerprint density at radius 1 is 1.12 bits per heavy atom. The van der Waals surface area contributed by atoms with E-state index in [0.717, 1.165) is 12.8 Å². The second-order valence-corrected chi connectivity index (χ2v) is 5.52. The van der Waals surface area contributed by atoms with Crippen molar-refractivity contribution in [3.05, 3.63) is 0 Å². The molecule has 0 aromatic carbocycles. The molecular weight excluding hydrogens is 202 g/mol. The van der Waals surface area contributed by atoms with Gasteiger partial charge in [-0.15, -0.1) is 0 Å². The number of hydrogen-bond acceptors (Lipinski definition) is 2. The standard InChI is InChI=1S/C13H23NO2/c1-8(2)12(15)7-10-5-11(6-10)14-13(16)9(3)4/h8-11H,5-7H2,1-4H3,(H,14,16). The molecule has 1 saturated carbocycles. The number of ketones is 1. The van der Waals surface area contributed by atoms with Crippen LogP contribution in [0.3, 0.4) is 0 Å². The zero-order valence-corrected chi connectivity index (χ0v) is 10.7. The van der Waals surface area contributed by atoms with Gasteiger partial charge in [-0.2, -0.15) is 0 Å². The molecule has 0 aliphatic heterocycles. The number of carbonyl (C=O) groups excluding carboxylic acids is 2. The number of amides is 1. The normalized spacial score (nSPS) is 24.4. The molecule has 0 radical (unpaired) electrons. The Morgan fingerprint density at radius 3 is 2.12 bits per heavy atom. The molecule has 1 fully saturated rings. The Bertz CT molecular complexity index is 239. The zero-order chi connectivity index (χ0) is 12.3. The van der Waals surface area contributed by atoms with Crippen molar-refractivity contribution in [3.63, 3.8) is 0 Å². The van der Waals surface area contributed by atoms with Crippen LogP contribution in [-0.4, -0.2) is 17.7 Å². The molecule has 1 amide bonds. The van der Waals surface area contributed by atoms with Crippen LogP contribution in [0, 0.1) is 17.8 Å². The Balaban J connectivity index is 2.18. The van der Waals surface area contributed by atoms with Crippen molar-refractivity contribution in [2.75, 3.05) is 0 Å². The van der Waals surface area contributed by atoms with Crippen LogP contribution >= 0.6 is 0 Å². The van der Waals surface area contributed by atoms with Crippen LogP contribution in [0.2, 0.25) is 0 Å². The maximum atomic E-state index is 11.5. The molecule has 3 heteroatoms. The van der Waals surface area contributed by atoms with Crippen molar-refractivity contribution in [2.24, 2.45) is 17.8 Å². The van der Waals surface area contributed by atoms with Crippen LogP contribution in [-0.2, 0) is 9.59 Å². The minimum Gasteiger partial charge on any atom is -0.353 e. The van der Waals surface area contributed by atoms with E-state index in [0.29, 0.717) is 24.2 Å². The van der Waals surface area contributed by atoms with E-state index in [1.54, 1.807) is 0 Å². The van der Waals surface area contributed by atoms with Crippen molar-refractivity contribution in [1.29, 1.82) is 0 Å². The third-order valence-corrected chi connectivity index (χ3v) is 3.24. The van der Waals surface area contributed by atoms with Gasteiger partial charge in [0.1, 0.15) is 5.78 Å². The van der Waals surface area contributed by atoms with Crippen LogP contribution in [0.1, 0.15) is 47.0 Å². The van der Waals surface area contributed by atoms with E-state index in [1.807, 2.05) is 27.7 Å². The van der Waals surface area contributed by atoms with Crippen molar-refractivity contribution in [1.82, 2.24) is 5.32 Å². The van der Waals surface area contributed by atoms with E-state index in [-0.39, 0.29) is 17.7 Å². The summed E-state index contributed by atoms with van der Waals surface area (Å²) in [6, 6.07) is 0.305. The van der Waals surface area contributed by atoms with Gasteiger partial charge < -0.3 is 5.32 Å². The highest BCUT2D eigenvalue weighted by Crippen LogP contribution is 2.31. The van der Waals surface area contributed by atoms with Gasteiger partial charge in [0.05, 0.1) is 0 Å². The first kappa shape index (κ1) is 13.2. The highest BCUT2D eigenvalue weighted by atomic mass is 16.2. The largest absolute Gasteiger partial charge is 0.353 e. The maximum absolute atomic E-state index is 11.5. The molecular formula is C13H23NO2. The monoisotopic (exact) mass is 225 g/mol. The molecule has 0 aromatic heterocycles. The smallest absolute Gasteiger partial charge is 0.222 e. The minimum absolute atomic E-state index is 0.0522. The van der Waals surface area contributed by atoms with Gasteiger partial charge in [-0.1, -0.05) is 27.7 Å². The first-order valence-electron chi connectivity index (χ1n) is 6.23. The lowest BCUT2D eigenvalue weighted by Crippen LogP contribution is -2.46. The van der Waals surface area contributed by atoms with Gasteiger partial charge in [0.15, 0.2) is 0 Å². The average molecular weight is 225 g/mol. The average Bonchev–Trinajstić information content (AvgIpc) is 2.13. The Kier molecular flexibility index (Phi) is 4.51. The number of Topliss-reactive ketones (excluding diaryl/α,β-unsaturated/α-hetero) is 1. The van der Waals surface area contributed by atoms with Gasteiger partial charge >= 0.3 is 0 Å². The van der Waals surface area contributed by atoms with E-state index in [9.17, 15) is 9.59 Å². The third-order valence-electron chi connectivity index (χ3n) is 3.24. The number of nitrogens with one attached hydrogen (secondary N) is 1. The van der Waals surface area contributed by atoms with Crippen LogP contribution in [0.5, 0.6) is 0 Å². The molecule has 0 unspecified atom stereocenters. The first-order valence-corrected chi connectivity index (χ1v) is 6.23. The summed E-state index contributed by atoms with van der Waals surface area (Å²) < 4.78 is 0. The summed E-state index contributed by atoms with van der Waals surface area (Å²) in [7, 11) is 0. The van der Waals surface area contributed by atoms with Crippen molar-refractivity contribution in [3.8, 4) is 0 Å². The summed E-state index contributed by atoms with van der Waals surface area (Å²) in [5.74, 6) is 1.16. The van der Waals surface area contributed by atoms with E-state index in [4.69, 9.17) is 0 Å². The molecule has 0 bridgehead atoms. The summed E-state index contributed by atoms with van der Waals surface area (Å²) in [5, 5.41) is 3.00. The fourth-order valence-electron chi connectivity index (χ4n) is 1.91. The third kappa shape index (κ3) is 3.62. The van der Waals surface area contributed by atoms with Crippen molar-refractivity contribution < 1.29 is 9.59 Å². The molecule has 0 aromatic rings. The molecule has 1 aliphatic rings. The summed E-state index contributed by atoms with van der Waals surface area (Å²) in [5.41, 5.74) is 0. The molecule has 0 atom stereocenters. The SMILES string of the molecule is CC(C)C(=O)CC1CC(NC(=O)C(C)C)C1. The molecule has 16 heavy (non-hydrogen) atoms. The highest BCUT2D eigenvalue weighted by Gasteiger charge is 2.32. The van der Waals surface area contributed by atoms with E-state index < -0.39 is 0 Å². The van der Waals surface area contributed by atoms with Gasteiger partial charge in [0.25, 0.3) is 0 Å².